The summed E-state index contributed by atoms with van der Waals surface area (Å²) in [5.74, 6) is -1.45. The molecule has 1 saturated carbocycles. The van der Waals surface area contributed by atoms with Gasteiger partial charge in [-0.1, -0.05) is 19.3 Å². The van der Waals surface area contributed by atoms with Gasteiger partial charge in [0.05, 0.1) is 38.6 Å². The van der Waals surface area contributed by atoms with Gasteiger partial charge in [0, 0.05) is 56.8 Å². The number of carbonyl (C=O) groups is 1. The molecule has 2 heterocycles. The van der Waals surface area contributed by atoms with Crippen molar-refractivity contribution in [1.82, 2.24) is 14.4 Å². The third kappa shape index (κ3) is 7.26. The van der Waals surface area contributed by atoms with Crippen LogP contribution in [0.2, 0.25) is 0 Å². The molecule has 1 aliphatic heterocycles. The first-order valence-electron chi connectivity index (χ1n) is 13.5. The van der Waals surface area contributed by atoms with Crippen LogP contribution in [0.1, 0.15) is 42.6 Å². The highest BCUT2D eigenvalue weighted by Crippen LogP contribution is 2.27. The van der Waals surface area contributed by atoms with Gasteiger partial charge >= 0.3 is 0 Å². The number of aromatic nitrogens is 1. The minimum absolute atomic E-state index is 0.0511. The molecule has 0 radical (unpaired) electrons. The minimum Gasteiger partial charge on any atom is -0.394 e. The Kier molecular flexibility index (Phi) is 10.3. The fourth-order valence-corrected chi connectivity index (χ4v) is 5.52. The zero-order chi connectivity index (χ0) is 26.2. The lowest BCUT2D eigenvalue weighted by Gasteiger charge is -2.38. The predicted molar refractivity (Wildman–Crippen MR) is 137 cm³/mol. The van der Waals surface area contributed by atoms with Crippen LogP contribution in [0.4, 0.5) is 8.78 Å². The normalized spacial score (nSPS) is 18.5. The second kappa shape index (κ2) is 13.6. The summed E-state index contributed by atoms with van der Waals surface area (Å²) < 4.78 is 40.5. The highest BCUT2D eigenvalue weighted by atomic mass is 19.2. The number of amides is 1. The summed E-state index contributed by atoms with van der Waals surface area (Å²) in [6, 6.07) is 4.07. The molecule has 206 valence electrons. The summed E-state index contributed by atoms with van der Waals surface area (Å²) in [6.45, 7) is 4.98. The Bertz CT molecular complexity index is 1020. The van der Waals surface area contributed by atoms with Crippen LogP contribution in [-0.2, 0) is 16.0 Å². The lowest BCUT2D eigenvalue weighted by molar-refractivity contribution is 0.0308. The lowest BCUT2D eigenvalue weighted by Crippen LogP contribution is -2.53. The van der Waals surface area contributed by atoms with Crippen molar-refractivity contribution in [3.8, 4) is 0 Å². The Morgan fingerprint density at radius 2 is 1.65 bits per heavy atom. The van der Waals surface area contributed by atoms with Crippen molar-refractivity contribution in [3.63, 3.8) is 0 Å². The van der Waals surface area contributed by atoms with Gasteiger partial charge in [-0.25, -0.2) is 8.78 Å². The molecule has 4 rings (SSSR count). The minimum atomic E-state index is -0.952. The molecule has 2 aromatic rings. The lowest BCUT2D eigenvalue weighted by atomic mass is 9.84. The number of nitrogens with zero attached hydrogens (tertiary/aromatic N) is 3. The molecule has 1 atom stereocenters. The van der Waals surface area contributed by atoms with Crippen LogP contribution >= 0.6 is 0 Å². The predicted octanol–water partition coefficient (Wildman–Crippen LogP) is 2.61. The number of aliphatic hydroxyl groups is 1. The smallest absolute Gasteiger partial charge is 0.270 e. The van der Waals surface area contributed by atoms with Gasteiger partial charge in [-0.15, -0.1) is 0 Å². The highest BCUT2D eigenvalue weighted by Gasteiger charge is 2.28. The van der Waals surface area contributed by atoms with Gasteiger partial charge in [-0.05, 0) is 30.9 Å². The van der Waals surface area contributed by atoms with Crippen LogP contribution in [0.15, 0.2) is 18.2 Å². The van der Waals surface area contributed by atoms with E-state index in [0.717, 1.165) is 31.8 Å². The van der Waals surface area contributed by atoms with Crippen molar-refractivity contribution < 1.29 is 28.2 Å². The van der Waals surface area contributed by atoms with Gasteiger partial charge in [0.1, 0.15) is 5.69 Å². The first kappa shape index (κ1) is 27.9. The molecule has 0 unspecified atom stereocenters. The van der Waals surface area contributed by atoms with Crippen LogP contribution < -0.4 is 5.73 Å². The molecule has 2 fully saturated rings. The van der Waals surface area contributed by atoms with E-state index in [1.165, 1.54) is 32.1 Å². The first-order chi connectivity index (χ1) is 18.0. The maximum Gasteiger partial charge on any atom is 0.270 e. The molecule has 2 aliphatic rings. The van der Waals surface area contributed by atoms with Crippen LogP contribution in [0, 0.1) is 17.6 Å². The molecule has 1 aromatic carbocycles. The number of halogens is 2. The van der Waals surface area contributed by atoms with Crippen molar-refractivity contribution in [2.75, 3.05) is 65.8 Å². The Hall–Kier alpha value is -2.11. The monoisotopic (exact) mass is 522 g/mol. The fourth-order valence-electron chi connectivity index (χ4n) is 5.52. The molecule has 1 saturated heterocycles. The molecular weight excluding hydrogens is 482 g/mol. The molecule has 3 N–H and O–H groups in total. The van der Waals surface area contributed by atoms with Crippen LogP contribution in [-0.4, -0.2) is 97.2 Å². The molecule has 37 heavy (non-hydrogen) atoms. The van der Waals surface area contributed by atoms with Gasteiger partial charge in [0.2, 0.25) is 0 Å². The number of hydrogen-bond acceptors (Lipinski definition) is 6. The molecule has 10 heteroatoms. The standard InChI is InChI=1S/C27H40F2N4O4/c28-22-16-21-17-26(33(25(21)18-23(22)29)10-12-36-14-15-37-13-11-34)27(35)32-8-6-31(7-9-32)19-24(30)20-4-2-1-3-5-20/h16-18,20,24,34H,1-15,19,30H2/t24-/m1/s1. The van der Waals surface area contributed by atoms with E-state index < -0.39 is 11.6 Å². The summed E-state index contributed by atoms with van der Waals surface area (Å²) in [6.07, 6.45) is 6.27. The van der Waals surface area contributed by atoms with Crippen molar-refractivity contribution >= 4 is 16.8 Å². The van der Waals surface area contributed by atoms with E-state index in [1.807, 2.05) is 4.90 Å². The number of fused-ring (bicyclic) bond motifs is 1. The van der Waals surface area contributed by atoms with Gasteiger partial charge in [-0.2, -0.15) is 0 Å². The van der Waals surface area contributed by atoms with Crippen LogP contribution in [0.5, 0.6) is 0 Å². The van der Waals surface area contributed by atoms with E-state index in [1.54, 1.807) is 10.6 Å². The van der Waals surface area contributed by atoms with Gasteiger partial charge in [-0.3, -0.25) is 9.69 Å². The summed E-state index contributed by atoms with van der Waals surface area (Å²) >= 11 is 0. The summed E-state index contributed by atoms with van der Waals surface area (Å²) in [5, 5.41) is 9.24. The topological polar surface area (TPSA) is 93.2 Å². The number of rotatable bonds is 12. The van der Waals surface area contributed by atoms with Crippen molar-refractivity contribution in [2.24, 2.45) is 11.7 Å². The summed E-state index contributed by atoms with van der Waals surface area (Å²) in [7, 11) is 0. The zero-order valence-corrected chi connectivity index (χ0v) is 21.5. The van der Waals surface area contributed by atoms with Gasteiger partial charge < -0.3 is 29.8 Å². The van der Waals surface area contributed by atoms with Crippen molar-refractivity contribution in [2.45, 2.75) is 44.7 Å². The molecule has 1 aliphatic carbocycles. The largest absolute Gasteiger partial charge is 0.394 e. The van der Waals surface area contributed by atoms with Crippen molar-refractivity contribution in [3.05, 3.63) is 35.5 Å². The number of piperazine rings is 1. The van der Waals surface area contributed by atoms with Crippen LogP contribution in [0.3, 0.4) is 0 Å². The molecular formula is C27H40F2N4O4. The highest BCUT2D eigenvalue weighted by molar-refractivity contribution is 5.99. The SMILES string of the molecule is N[C@H](CN1CCN(C(=O)c2cc3cc(F)c(F)cc3n2CCOCCOCCO)CC1)C1CCCCC1. The van der Waals surface area contributed by atoms with E-state index in [4.69, 9.17) is 20.3 Å². The number of hydrogen-bond donors (Lipinski definition) is 2. The molecule has 1 amide bonds. The van der Waals surface area contributed by atoms with Gasteiger partial charge in [0.15, 0.2) is 11.6 Å². The average Bonchev–Trinajstić information content (AvgIpc) is 3.25. The van der Waals surface area contributed by atoms with E-state index in [2.05, 4.69) is 4.90 Å². The Morgan fingerprint density at radius 1 is 0.973 bits per heavy atom. The number of carbonyl (C=O) groups excluding carboxylic acids is 1. The quantitative estimate of drug-likeness (QED) is 0.417. The zero-order valence-electron chi connectivity index (χ0n) is 21.5. The van der Waals surface area contributed by atoms with Crippen LogP contribution in [0.25, 0.3) is 10.9 Å². The van der Waals surface area contributed by atoms with E-state index >= 15 is 0 Å². The number of nitrogens with two attached hydrogens (primary N) is 1. The van der Waals surface area contributed by atoms with E-state index in [-0.39, 0.29) is 31.8 Å². The maximum atomic E-state index is 14.1. The molecule has 0 bridgehead atoms. The Labute approximate surface area is 217 Å². The van der Waals surface area contributed by atoms with E-state index in [0.29, 0.717) is 55.4 Å². The number of benzene rings is 1. The number of aliphatic hydroxyl groups excluding tert-OH is 1. The third-order valence-electron chi connectivity index (χ3n) is 7.61. The summed E-state index contributed by atoms with van der Waals surface area (Å²) in [4.78, 5) is 17.7. The molecule has 1 aromatic heterocycles. The number of ether oxygens (including phenoxy) is 2. The second-order valence-corrected chi connectivity index (χ2v) is 10.1. The maximum absolute atomic E-state index is 14.1. The average molecular weight is 523 g/mol. The van der Waals surface area contributed by atoms with Gasteiger partial charge in [0.25, 0.3) is 5.91 Å². The Balaban J connectivity index is 1.38. The Morgan fingerprint density at radius 3 is 2.35 bits per heavy atom. The molecule has 8 nitrogen and oxygen atoms in total. The third-order valence-corrected chi connectivity index (χ3v) is 7.61. The van der Waals surface area contributed by atoms with Crippen molar-refractivity contribution in [1.29, 1.82) is 0 Å². The van der Waals surface area contributed by atoms with E-state index in [9.17, 15) is 13.6 Å². The fraction of sp³-hybridized carbons (Fsp3) is 0.667. The second-order valence-electron chi connectivity index (χ2n) is 10.1. The first-order valence-corrected chi connectivity index (χ1v) is 13.5. The summed E-state index contributed by atoms with van der Waals surface area (Å²) in [5.41, 5.74) is 7.38. The molecule has 0 spiro atoms.